The fourth-order valence-corrected chi connectivity index (χ4v) is 4.60. The molecule has 2 aliphatic rings. The number of hydrogen-bond donors (Lipinski definition) is 1. The van der Waals surface area contributed by atoms with Gasteiger partial charge in [-0.1, -0.05) is 30.3 Å². The number of amides is 2. The zero-order chi connectivity index (χ0) is 23.4. The number of hydrogen-bond acceptors (Lipinski definition) is 5. The average molecular weight is 434 g/mol. The van der Waals surface area contributed by atoms with Gasteiger partial charge >= 0.3 is 6.09 Å². The maximum atomic E-state index is 14.5. The molecule has 0 saturated heterocycles. The topological polar surface area (TPSA) is 99.7 Å². The molecule has 2 atom stereocenters. The second kappa shape index (κ2) is 7.09. The third-order valence-electron chi connectivity index (χ3n) is 5.77. The summed E-state index contributed by atoms with van der Waals surface area (Å²) in [6.45, 7) is 5.05. The van der Waals surface area contributed by atoms with Gasteiger partial charge in [-0.05, 0) is 44.5 Å². The van der Waals surface area contributed by atoms with Gasteiger partial charge in [0.15, 0.2) is 5.54 Å². The Morgan fingerprint density at radius 1 is 1.22 bits per heavy atom. The zero-order valence-electron chi connectivity index (χ0n) is 18.2. The molecule has 164 valence electrons. The number of nitrogens with two attached hydrogens (primary N) is 1. The van der Waals surface area contributed by atoms with Crippen molar-refractivity contribution in [3.05, 3.63) is 76.9 Å². The summed E-state index contributed by atoms with van der Waals surface area (Å²) in [4.78, 5) is 29.7. The van der Waals surface area contributed by atoms with Crippen LogP contribution in [0.4, 0.5) is 14.9 Å². The van der Waals surface area contributed by atoms with Crippen molar-refractivity contribution in [1.29, 1.82) is 5.26 Å². The van der Waals surface area contributed by atoms with Crippen LogP contribution in [0.1, 0.15) is 37.8 Å². The second-order valence-corrected chi connectivity index (χ2v) is 8.86. The molecule has 7 nitrogen and oxygen atoms in total. The molecular weight excluding hydrogens is 411 g/mol. The van der Waals surface area contributed by atoms with Crippen LogP contribution >= 0.6 is 0 Å². The van der Waals surface area contributed by atoms with E-state index in [9.17, 15) is 19.2 Å². The van der Waals surface area contributed by atoms with Crippen LogP contribution in [0.25, 0.3) is 0 Å². The number of fused-ring (bicyclic) bond motifs is 2. The fourth-order valence-electron chi connectivity index (χ4n) is 4.60. The van der Waals surface area contributed by atoms with Gasteiger partial charge in [-0.25, -0.2) is 14.1 Å². The summed E-state index contributed by atoms with van der Waals surface area (Å²) < 4.78 is 20.1. The van der Waals surface area contributed by atoms with Crippen LogP contribution in [-0.2, 0) is 15.1 Å². The van der Waals surface area contributed by atoms with Gasteiger partial charge in [0.1, 0.15) is 17.2 Å². The molecule has 0 saturated carbocycles. The molecule has 0 aromatic heterocycles. The molecule has 8 heteroatoms. The third-order valence-corrected chi connectivity index (χ3v) is 5.77. The Kier molecular flexibility index (Phi) is 4.74. The largest absolute Gasteiger partial charge is 0.443 e. The minimum atomic E-state index is -1.80. The number of nitrogens with zero attached hydrogens (tertiary/aromatic N) is 3. The predicted octanol–water partition coefficient (Wildman–Crippen LogP) is 3.73. The highest BCUT2D eigenvalue weighted by Crippen LogP contribution is 2.59. The van der Waals surface area contributed by atoms with Crippen LogP contribution in [0.2, 0.25) is 0 Å². The predicted molar refractivity (Wildman–Crippen MR) is 116 cm³/mol. The van der Waals surface area contributed by atoms with E-state index in [1.807, 2.05) is 0 Å². The molecule has 0 unspecified atom stereocenters. The number of carbonyl (C=O) groups excluding carboxylic acids is 2. The molecule has 0 fully saturated rings. The van der Waals surface area contributed by atoms with Crippen molar-refractivity contribution < 1.29 is 18.7 Å². The summed E-state index contributed by atoms with van der Waals surface area (Å²) in [7, 11) is 1.55. The first kappa shape index (κ1) is 21.4. The van der Waals surface area contributed by atoms with Crippen LogP contribution in [0.5, 0.6) is 0 Å². The first-order valence-electron chi connectivity index (χ1n) is 10.1. The molecule has 0 radical (unpaired) electrons. The van der Waals surface area contributed by atoms with Gasteiger partial charge in [0.05, 0.1) is 17.6 Å². The molecule has 2 aliphatic heterocycles. The van der Waals surface area contributed by atoms with Gasteiger partial charge in [-0.3, -0.25) is 4.79 Å². The maximum Gasteiger partial charge on any atom is 0.417 e. The molecule has 2 heterocycles. The fraction of sp³-hybridized carbons (Fsp3) is 0.292. The van der Waals surface area contributed by atoms with Crippen LogP contribution in [-0.4, -0.2) is 29.5 Å². The smallest absolute Gasteiger partial charge is 0.417 e. The van der Waals surface area contributed by atoms with Crippen molar-refractivity contribution in [3.8, 4) is 6.07 Å². The Bertz CT molecular complexity index is 1200. The number of carbonyl (C=O) groups is 2. The Morgan fingerprint density at radius 2 is 1.88 bits per heavy atom. The third kappa shape index (κ3) is 2.85. The zero-order valence-corrected chi connectivity index (χ0v) is 18.2. The molecule has 2 aromatic rings. The molecular formula is C24H23FN4O3. The van der Waals surface area contributed by atoms with Crippen LogP contribution in [0, 0.1) is 17.1 Å². The van der Waals surface area contributed by atoms with Gasteiger partial charge < -0.3 is 15.4 Å². The minimum absolute atomic E-state index is 0.0425. The minimum Gasteiger partial charge on any atom is -0.443 e. The summed E-state index contributed by atoms with van der Waals surface area (Å²) >= 11 is 0. The van der Waals surface area contributed by atoms with Gasteiger partial charge in [0.25, 0.3) is 5.91 Å². The van der Waals surface area contributed by atoms with E-state index in [1.54, 1.807) is 58.2 Å². The number of benzene rings is 2. The average Bonchev–Trinajstić information content (AvgIpc) is 3.11. The van der Waals surface area contributed by atoms with E-state index in [-0.39, 0.29) is 17.0 Å². The number of ether oxygens (including phenoxy) is 1. The van der Waals surface area contributed by atoms with Crippen molar-refractivity contribution >= 4 is 17.7 Å². The lowest BCUT2D eigenvalue weighted by molar-refractivity contribution is -0.128. The van der Waals surface area contributed by atoms with Crippen molar-refractivity contribution in [2.45, 2.75) is 37.8 Å². The van der Waals surface area contributed by atoms with Gasteiger partial charge in [-0.2, -0.15) is 5.26 Å². The highest BCUT2D eigenvalue weighted by atomic mass is 19.1. The highest BCUT2D eigenvalue weighted by Gasteiger charge is 2.67. The van der Waals surface area contributed by atoms with Crippen molar-refractivity contribution in [1.82, 2.24) is 4.90 Å². The summed E-state index contributed by atoms with van der Waals surface area (Å²) in [6.07, 6.45) is -0.889. The Morgan fingerprint density at radius 3 is 2.47 bits per heavy atom. The summed E-state index contributed by atoms with van der Waals surface area (Å²) in [5.74, 6) is -2.22. The molecule has 0 bridgehead atoms. The van der Waals surface area contributed by atoms with Crippen LogP contribution in [0.3, 0.4) is 0 Å². The van der Waals surface area contributed by atoms with Crippen LogP contribution in [0.15, 0.2) is 59.9 Å². The van der Waals surface area contributed by atoms with E-state index < -0.39 is 34.9 Å². The first-order chi connectivity index (χ1) is 15.0. The summed E-state index contributed by atoms with van der Waals surface area (Å²) in [6, 6.07) is 14.9. The number of likely N-dealkylation sites (N-methyl/N-ethyl adjacent to an activating group) is 1. The standard InChI is InChI=1S/C24H23FN4O3/c1-23(2,3)32-22(31)29-20(27)16(13-26)19(14-8-6-5-7-9-14)24(29)17-12-15(25)10-11-18(17)28(4)21(24)30/h5-12,19H,27H2,1-4H3/t19-,24+/m1/s1. The lowest BCUT2D eigenvalue weighted by Crippen LogP contribution is -2.56. The number of anilines is 1. The lowest BCUT2D eigenvalue weighted by atomic mass is 9.73. The van der Waals surface area contributed by atoms with E-state index in [0.29, 0.717) is 11.3 Å². The van der Waals surface area contributed by atoms with Crippen LogP contribution < -0.4 is 10.6 Å². The van der Waals surface area contributed by atoms with E-state index in [4.69, 9.17) is 10.5 Å². The summed E-state index contributed by atoms with van der Waals surface area (Å²) in [5.41, 5.74) is 4.98. The van der Waals surface area contributed by atoms with E-state index in [1.165, 1.54) is 23.1 Å². The van der Waals surface area contributed by atoms with Crippen molar-refractivity contribution in [2.24, 2.45) is 5.73 Å². The second-order valence-electron chi connectivity index (χ2n) is 8.86. The van der Waals surface area contributed by atoms with E-state index in [0.717, 1.165) is 4.90 Å². The van der Waals surface area contributed by atoms with Crippen molar-refractivity contribution in [2.75, 3.05) is 11.9 Å². The Labute approximate surface area is 185 Å². The number of nitriles is 1. The molecule has 2 N–H and O–H groups in total. The quantitative estimate of drug-likeness (QED) is 0.737. The highest BCUT2D eigenvalue weighted by molar-refractivity contribution is 6.11. The molecule has 2 aromatic carbocycles. The summed E-state index contributed by atoms with van der Waals surface area (Å²) in [5, 5.41) is 10.0. The van der Waals surface area contributed by atoms with E-state index >= 15 is 0 Å². The van der Waals surface area contributed by atoms with Gasteiger partial charge in [-0.15, -0.1) is 0 Å². The molecule has 1 spiro atoms. The SMILES string of the molecule is CN1C(=O)[C@]2(c3cc(F)ccc31)[C@H](c1ccccc1)C(C#N)=C(N)N2C(=O)OC(C)(C)C. The van der Waals surface area contributed by atoms with Gasteiger partial charge in [0.2, 0.25) is 0 Å². The lowest BCUT2D eigenvalue weighted by Gasteiger charge is -2.39. The molecule has 2 amide bonds. The Hall–Kier alpha value is -3.86. The molecule has 0 aliphatic carbocycles. The normalized spacial score (nSPS) is 22.4. The first-order valence-corrected chi connectivity index (χ1v) is 10.1. The number of halogens is 1. The Balaban J connectivity index is 2.08. The monoisotopic (exact) mass is 434 g/mol. The maximum absolute atomic E-state index is 14.5. The van der Waals surface area contributed by atoms with E-state index in [2.05, 4.69) is 6.07 Å². The van der Waals surface area contributed by atoms with Crippen molar-refractivity contribution in [3.63, 3.8) is 0 Å². The molecule has 4 rings (SSSR count). The number of rotatable bonds is 1. The molecule has 32 heavy (non-hydrogen) atoms. The van der Waals surface area contributed by atoms with Gasteiger partial charge in [0, 0.05) is 18.3 Å².